The molecular formula is C11H13O4S-. The second kappa shape index (κ2) is 3.84. The van der Waals surface area contributed by atoms with Crippen molar-refractivity contribution in [2.75, 3.05) is 12.4 Å². The first kappa shape index (κ1) is 11.6. The zero-order valence-electron chi connectivity index (χ0n) is 8.72. The maximum Gasteiger partial charge on any atom is 0.0952 e. The zero-order valence-corrected chi connectivity index (χ0v) is 9.53. The Kier molecular flexibility index (Phi) is 2.77. The monoisotopic (exact) mass is 241 g/mol. The molecule has 1 aliphatic rings. The summed E-state index contributed by atoms with van der Waals surface area (Å²) in [6, 6.07) is 7.56. The molecule has 0 aliphatic heterocycles. The average molecular weight is 241 g/mol. The van der Waals surface area contributed by atoms with Gasteiger partial charge in [-0.1, -0.05) is 24.3 Å². The summed E-state index contributed by atoms with van der Waals surface area (Å²) < 4.78 is 32.5. The number of fused-ring (bicyclic) bond motifs is 1. The van der Waals surface area contributed by atoms with Gasteiger partial charge >= 0.3 is 0 Å². The van der Waals surface area contributed by atoms with E-state index in [9.17, 15) is 18.1 Å². The Labute approximate surface area is 94.7 Å². The SMILES string of the molecule is O=S(=O)([O-])CC1(CO)Cc2ccccc2C1. The van der Waals surface area contributed by atoms with Gasteiger partial charge in [-0.2, -0.15) is 0 Å². The highest BCUT2D eigenvalue weighted by atomic mass is 32.2. The number of aliphatic hydroxyl groups excluding tert-OH is 1. The van der Waals surface area contributed by atoms with Crippen LogP contribution in [0.5, 0.6) is 0 Å². The number of hydrogen-bond donors (Lipinski definition) is 1. The Morgan fingerprint density at radius 3 is 2.12 bits per heavy atom. The van der Waals surface area contributed by atoms with Crippen LogP contribution in [0.1, 0.15) is 11.1 Å². The van der Waals surface area contributed by atoms with Crippen molar-refractivity contribution in [3.8, 4) is 0 Å². The lowest BCUT2D eigenvalue weighted by molar-refractivity contribution is 0.152. The fourth-order valence-corrected chi connectivity index (χ4v) is 3.45. The van der Waals surface area contributed by atoms with Crippen molar-refractivity contribution in [2.45, 2.75) is 12.8 Å². The molecular weight excluding hydrogens is 228 g/mol. The Balaban J connectivity index is 2.30. The molecule has 0 saturated carbocycles. The highest BCUT2D eigenvalue weighted by molar-refractivity contribution is 7.85. The van der Waals surface area contributed by atoms with E-state index in [1.165, 1.54) is 0 Å². The molecule has 0 heterocycles. The van der Waals surface area contributed by atoms with Gasteiger partial charge in [0.15, 0.2) is 0 Å². The summed E-state index contributed by atoms with van der Waals surface area (Å²) in [4.78, 5) is 0. The average Bonchev–Trinajstić information content (AvgIpc) is 2.53. The first-order chi connectivity index (χ1) is 7.44. The van der Waals surface area contributed by atoms with Crippen LogP contribution in [0.4, 0.5) is 0 Å². The van der Waals surface area contributed by atoms with E-state index in [-0.39, 0.29) is 6.61 Å². The molecule has 88 valence electrons. The van der Waals surface area contributed by atoms with Crippen molar-refractivity contribution in [1.82, 2.24) is 0 Å². The van der Waals surface area contributed by atoms with E-state index < -0.39 is 21.3 Å². The van der Waals surface area contributed by atoms with Crippen molar-refractivity contribution in [2.24, 2.45) is 5.41 Å². The molecule has 5 heteroatoms. The molecule has 0 radical (unpaired) electrons. The van der Waals surface area contributed by atoms with Crippen LogP contribution in [0.3, 0.4) is 0 Å². The number of aliphatic hydroxyl groups is 1. The van der Waals surface area contributed by atoms with Crippen LogP contribution in [0.2, 0.25) is 0 Å². The van der Waals surface area contributed by atoms with Crippen LogP contribution in [-0.2, 0) is 23.0 Å². The van der Waals surface area contributed by atoms with Crippen molar-refractivity contribution in [3.05, 3.63) is 35.4 Å². The lowest BCUT2D eigenvalue weighted by Crippen LogP contribution is -2.34. The molecule has 0 saturated heterocycles. The molecule has 1 aliphatic carbocycles. The molecule has 0 amide bonds. The van der Waals surface area contributed by atoms with Gasteiger partial charge < -0.3 is 9.66 Å². The Morgan fingerprint density at radius 1 is 1.25 bits per heavy atom. The van der Waals surface area contributed by atoms with Crippen LogP contribution in [-0.4, -0.2) is 30.4 Å². The van der Waals surface area contributed by atoms with Gasteiger partial charge in [0, 0.05) is 11.2 Å². The van der Waals surface area contributed by atoms with E-state index in [2.05, 4.69) is 0 Å². The third-order valence-corrected chi connectivity index (χ3v) is 4.03. The molecule has 1 aromatic carbocycles. The summed E-state index contributed by atoms with van der Waals surface area (Å²) in [6.45, 7) is -0.275. The fraction of sp³-hybridized carbons (Fsp3) is 0.455. The molecule has 0 aromatic heterocycles. The van der Waals surface area contributed by atoms with Crippen molar-refractivity contribution in [3.63, 3.8) is 0 Å². The van der Waals surface area contributed by atoms with Crippen molar-refractivity contribution >= 4 is 10.1 Å². The van der Waals surface area contributed by atoms with Gasteiger partial charge in [-0.25, -0.2) is 8.42 Å². The van der Waals surface area contributed by atoms with Gasteiger partial charge in [-0.15, -0.1) is 0 Å². The number of hydrogen-bond acceptors (Lipinski definition) is 4. The third kappa shape index (κ3) is 2.26. The second-order valence-corrected chi connectivity index (χ2v) is 5.89. The zero-order chi connectivity index (χ0) is 11.8. The predicted octanol–water partition coefficient (Wildman–Crippen LogP) is 0.309. The van der Waals surface area contributed by atoms with E-state index in [0.29, 0.717) is 12.8 Å². The summed E-state index contributed by atoms with van der Waals surface area (Å²) in [6.07, 6.45) is 0.919. The quantitative estimate of drug-likeness (QED) is 0.772. The molecule has 0 unspecified atom stereocenters. The van der Waals surface area contributed by atoms with Crippen molar-refractivity contribution < 1.29 is 18.1 Å². The molecule has 0 spiro atoms. The van der Waals surface area contributed by atoms with Gasteiger partial charge in [0.05, 0.1) is 16.7 Å². The Morgan fingerprint density at radius 2 is 1.75 bits per heavy atom. The minimum atomic E-state index is -4.31. The third-order valence-electron chi connectivity index (χ3n) is 3.07. The predicted molar refractivity (Wildman–Crippen MR) is 57.9 cm³/mol. The topological polar surface area (TPSA) is 77.4 Å². The van der Waals surface area contributed by atoms with Crippen LogP contribution in [0.25, 0.3) is 0 Å². The highest BCUT2D eigenvalue weighted by Gasteiger charge is 2.38. The minimum absolute atomic E-state index is 0.275. The van der Waals surface area contributed by atoms with Crippen LogP contribution >= 0.6 is 0 Å². The summed E-state index contributed by atoms with van der Waals surface area (Å²) in [5.74, 6) is -0.495. The Bertz CT molecular complexity index is 467. The van der Waals surface area contributed by atoms with Crippen molar-refractivity contribution in [1.29, 1.82) is 0 Å². The first-order valence-corrected chi connectivity index (χ1v) is 6.63. The molecule has 0 fully saturated rings. The Hall–Kier alpha value is -0.910. The van der Waals surface area contributed by atoms with Gasteiger partial charge in [0.25, 0.3) is 0 Å². The lowest BCUT2D eigenvalue weighted by atomic mass is 9.88. The van der Waals surface area contributed by atoms with E-state index in [1.54, 1.807) is 0 Å². The lowest BCUT2D eigenvalue weighted by Gasteiger charge is -2.27. The van der Waals surface area contributed by atoms with E-state index >= 15 is 0 Å². The minimum Gasteiger partial charge on any atom is -0.748 e. The molecule has 1 N–H and O–H groups in total. The molecule has 0 bridgehead atoms. The largest absolute Gasteiger partial charge is 0.748 e. The van der Waals surface area contributed by atoms with Gasteiger partial charge in [-0.3, -0.25) is 0 Å². The van der Waals surface area contributed by atoms with Crippen LogP contribution in [0.15, 0.2) is 24.3 Å². The summed E-state index contributed by atoms with van der Waals surface area (Å²) in [5, 5.41) is 9.35. The summed E-state index contributed by atoms with van der Waals surface area (Å²) >= 11 is 0. The smallest absolute Gasteiger partial charge is 0.0952 e. The molecule has 1 aromatic rings. The van der Waals surface area contributed by atoms with Crippen LogP contribution in [0, 0.1) is 5.41 Å². The normalized spacial score (nSPS) is 18.4. The van der Waals surface area contributed by atoms with Crippen LogP contribution < -0.4 is 0 Å². The highest BCUT2D eigenvalue weighted by Crippen LogP contribution is 2.37. The molecule has 0 atom stereocenters. The molecule has 16 heavy (non-hydrogen) atoms. The van der Waals surface area contributed by atoms with E-state index in [0.717, 1.165) is 11.1 Å². The maximum atomic E-state index is 10.8. The van der Waals surface area contributed by atoms with Gasteiger partial charge in [0.2, 0.25) is 0 Å². The number of benzene rings is 1. The van der Waals surface area contributed by atoms with E-state index in [4.69, 9.17) is 0 Å². The van der Waals surface area contributed by atoms with Gasteiger partial charge in [0.1, 0.15) is 0 Å². The second-order valence-electron chi connectivity index (χ2n) is 4.48. The van der Waals surface area contributed by atoms with E-state index in [1.807, 2.05) is 24.3 Å². The summed E-state index contributed by atoms with van der Waals surface area (Å²) in [5.41, 5.74) is 1.24. The molecule has 4 nitrogen and oxygen atoms in total. The standard InChI is InChI=1S/C11H14O4S/c12-7-11(8-16(13,14)15)5-9-3-1-2-4-10(9)6-11/h1-4,12H,5-8H2,(H,13,14,15)/p-1. The summed E-state index contributed by atoms with van der Waals surface area (Å²) in [7, 11) is -4.31. The molecule has 2 rings (SSSR count). The number of rotatable bonds is 3. The fourth-order valence-electron chi connectivity index (χ4n) is 2.41. The van der Waals surface area contributed by atoms with Gasteiger partial charge in [-0.05, 0) is 24.0 Å². The first-order valence-electron chi connectivity index (χ1n) is 5.05. The maximum absolute atomic E-state index is 10.8.